The highest BCUT2D eigenvalue weighted by atomic mass is 16.6. The molecular formula is C14H20N4O3. The van der Waals surface area contributed by atoms with Crippen molar-refractivity contribution in [2.45, 2.75) is 33.1 Å². The van der Waals surface area contributed by atoms with Crippen LogP contribution in [-0.4, -0.2) is 33.9 Å². The Morgan fingerprint density at radius 2 is 2.38 bits per heavy atom. The topological polar surface area (TPSA) is 88.4 Å². The summed E-state index contributed by atoms with van der Waals surface area (Å²) in [5.41, 5.74) is 0.115. The minimum atomic E-state index is -0.547. The maximum atomic E-state index is 12.3. The largest absolute Gasteiger partial charge is 0.324 e. The molecule has 0 bridgehead atoms. The zero-order valence-corrected chi connectivity index (χ0v) is 12.3. The van der Waals surface area contributed by atoms with Gasteiger partial charge in [0.15, 0.2) is 0 Å². The second-order valence-electron chi connectivity index (χ2n) is 5.77. The van der Waals surface area contributed by atoms with Crippen molar-refractivity contribution in [3.63, 3.8) is 0 Å². The van der Waals surface area contributed by atoms with Crippen LogP contribution in [0.1, 0.15) is 33.1 Å². The Kier molecular flexibility index (Phi) is 4.40. The predicted molar refractivity (Wildman–Crippen MR) is 79.1 cm³/mol. The molecule has 1 aromatic rings. The minimum Gasteiger partial charge on any atom is -0.324 e. The number of hydrogen-bond donors (Lipinski definition) is 1. The van der Waals surface area contributed by atoms with Crippen molar-refractivity contribution in [2.24, 2.45) is 5.41 Å². The maximum Gasteiger partial charge on any atom is 0.322 e. The quantitative estimate of drug-likeness (QED) is 0.685. The van der Waals surface area contributed by atoms with E-state index in [1.807, 2.05) is 0 Å². The van der Waals surface area contributed by atoms with E-state index in [1.165, 1.54) is 12.3 Å². The average molecular weight is 292 g/mol. The Balaban J connectivity index is 2.10. The third-order valence-corrected chi connectivity index (χ3v) is 4.16. The van der Waals surface area contributed by atoms with E-state index in [2.05, 4.69) is 24.1 Å². The summed E-state index contributed by atoms with van der Waals surface area (Å²) in [5, 5.41) is 13.6. The molecule has 1 aliphatic rings. The summed E-state index contributed by atoms with van der Waals surface area (Å²) in [4.78, 5) is 28.2. The lowest BCUT2D eigenvalue weighted by Gasteiger charge is -2.39. The van der Waals surface area contributed by atoms with Gasteiger partial charge in [-0.05, 0) is 30.7 Å². The summed E-state index contributed by atoms with van der Waals surface area (Å²) in [6, 6.07) is 1.16. The molecule has 1 aliphatic heterocycles. The number of carbonyl (C=O) groups is 1. The third kappa shape index (κ3) is 3.48. The Bertz CT molecular complexity index is 549. The summed E-state index contributed by atoms with van der Waals surface area (Å²) in [5.74, 6) is 0. The van der Waals surface area contributed by atoms with Crippen LogP contribution in [0.3, 0.4) is 0 Å². The van der Waals surface area contributed by atoms with Crippen LogP contribution in [0, 0.1) is 15.5 Å². The van der Waals surface area contributed by atoms with Gasteiger partial charge in [0.25, 0.3) is 0 Å². The molecule has 0 aliphatic carbocycles. The lowest BCUT2D eigenvalue weighted by Crippen LogP contribution is -2.46. The van der Waals surface area contributed by atoms with E-state index < -0.39 is 4.92 Å². The zero-order chi connectivity index (χ0) is 15.5. The van der Waals surface area contributed by atoms with E-state index in [1.54, 1.807) is 4.90 Å². The van der Waals surface area contributed by atoms with Crippen molar-refractivity contribution in [1.29, 1.82) is 0 Å². The summed E-state index contributed by atoms with van der Waals surface area (Å²) in [7, 11) is 0. The normalized spacial score (nSPS) is 21.9. The number of carbonyl (C=O) groups excluding carboxylic acids is 1. The molecule has 0 saturated carbocycles. The van der Waals surface area contributed by atoms with Gasteiger partial charge in [-0.3, -0.25) is 15.1 Å². The minimum absolute atomic E-state index is 0.125. The monoisotopic (exact) mass is 292 g/mol. The number of nitro groups is 1. The van der Waals surface area contributed by atoms with Gasteiger partial charge in [0.2, 0.25) is 0 Å². The number of hydrogen-bond acceptors (Lipinski definition) is 4. The first kappa shape index (κ1) is 15.2. The predicted octanol–water partition coefficient (Wildman–Crippen LogP) is 3.03. The van der Waals surface area contributed by atoms with Crippen LogP contribution in [0.4, 0.5) is 16.2 Å². The third-order valence-electron chi connectivity index (χ3n) is 4.16. The number of urea groups is 1. The van der Waals surface area contributed by atoms with Crippen molar-refractivity contribution in [1.82, 2.24) is 9.88 Å². The van der Waals surface area contributed by atoms with Crippen molar-refractivity contribution < 1.29 is 9.72 Å². The number of piperidine rings is 1. The number of aromatic nitrogens is 1. The SMILES string of the molecule is CC[C@]1(C)CCCN(C(=O)Nc2ccncc2[N+](=O)[O-])C1. The van der Waals surface area contributed by atoms with Gasteiger partial charge in [-0.15, -0.1) is 0 Å². The molecule has 1 fully saturated rings. The fraction of sp³-hybridized carbons (Fsp3) is 0.571. The molecule has 7 heteroatoms. The molecule has 1 saturated heterocycles. The fourth-order valence-electron chi connectivity index (χ4n) is 2.61. The number of pyridine rings is 1. The van der Waals surface area contributed by atoms with Crippen LogP contribution >= 0.6 is 0 Å². The molecule has 21 heavy (non-hydrogen) atoms. The second-order valence-corrected chi connectivity index (χ2v) is 5.77. The summed E-state index contributed by atoms with van der Waals surface area (Å²) in [6.45, 7) is 5.64. The zero-order valence-electron chi connectivity index (χ0n) is 12.3. The number of amides is 2. The van der Waals surface area contributed by atoms with Crippen molar-refractivity contribution in [3.05, 3.63) is 28.6 Å². The molecule has 0 unspecified atom stereocenters. The highest BCUT2D eigenvalue weighted by Crippen LogP contribution is 2.33. The number of anilines is 1. The first-order valence-corrected chi connectivity index (χ1v) is 7.09. The Labute approximate surface area is 123 Å². The van der Waals surface area contributed by atoms with Crippen molar-refractivity contribution in [3.8, 4) is 0 Å². The van der Waals surface area contributed by atoms with Crippen LogP contribution in [0.2, 0.25) is 0 Å². The lowest BCUT2D eigenvalue weighted by molar-refractivity contribution is -0.384. The van der Waals surface area contributed by atoms with E-state index in [0.29, 0.717) is 13.1 Å². The summed E-state index contributed by atoms with van der Waals surface area (Å²) < 4.78 is 0. The van der Waals surface area contributed by atoms with Gasteiger partial charge in [0.05, 0.1) is 4.92 Å². The van der Waals surface area contributed by atoms with E-state index in [9.17, 15) is 14.9 Å². The van der Waals surface area contributed by atoms with Gasteiger partial charge >= 0.3 is 11.7 Å². The van der Waals surface area contributed by atoms with Crippen LogP contribution in [-0.2, 0) is 0 Å². The maximum absolute atomic E-state index is 12.3. The van der Waals surface area contributed by atoms with Gasteiger partial charge in [0.1, 0.15) is 11.9 Å². The van der Waals surface area contributed by atoms with Crippen molar-refractivity contribution in [2.75, 3.05) is 18.4 Å². The van der Waals surface area contributed by atoms with Crippen LogP contribution in [0.5, 0.6) is 0 Å². The molecular weight excluding hydrogens is 272 g/mol. The van der Waals surface area contributed by atoms with Crippen LogP contribution in [0.25, 0.3) is 0 Å². The first-order chi connectivity index (χ1) is 9.95. The Morgan fingerprint density at radius 3 is 3.05 bits per heavy atom. The summed E-state index contributed by atoms with van der Waals surface area (Å²) in [6.07, 6.45) is 5.63. The van der Waals surface area contributed by atoms with Crippen LogP contribution in [0.15, 0.2) is 18.5 Å². The van der Waals surface area contributed by atoms with Gasteiger partial charge in [-0.2, -0.15) is 0 Å². The molecule has 7 nitrogen and oxygen atoms in total. The molecule has 0 aromatic carbocycles. The molecule has 2 heterocycles. The highest BCUT2D eigenvalue weighted by molar-refractivity contribution is 5.91. The molecule has 1 aromatic heterocycles. The summed E-state index contributed by atoms with van der Waals surface area (Å²) >= 11 is 0. The highest BCUT2D eigenvalue weighted by Gasteiger charge is 2.32. The number of rotatable bonds is 3. The van der Waals surface area contributed by atoms with Crippen LogP contribution < -0.4 is 5.32 Å². The van der Waals surface area contributed by atoms with Gasteiger partial charge < -0.3 is 10.2 Å². The fourth-order valence-corrected chi connectivity index (χ4v) is 2.61. The molecule has 2 amide bonds. The standard InChI is InChI=1S/C14H20N4O3/c1-3-14(2)6-4-8-17(10-14)13(19)16-11-5-7-15-9-12(11)18(20)21/h5,7,9H,3-4,6,8,10H2,1-2H3,(H,15,16,19)/t14-/m1/s1. The molecule has 0 spiro atoms. The smallest absolute Gasteiger partial charge is 0.322 e. The molecule has 2 rings (SSSR count). The number of nitrogens with one attached hydrogen (secondary N) is 1. The number of likely N-dealkylation sites (tertiary alicyclic amines) is 1. The first-order valence-electron chi connectivity index (χ1n) is 7.09. The molecule has 0 radical (unpaired) electrons. The lowest BCUT2D eigenvalue weighted by atomic mass is 9.80. The van der Waals surface area contributed by atoms with E-state index in [4.69, 9.17) is 0 Å². The Hall–Kier alpha value is -2.18. The van der Waals surface area contributed by atoms with Crippen molar-refractivity contribution >= 4 is 17.4 Å². The van der Waals surface area contributed by atoms with E-state index >= 15 is 0 Å². The average Bonchev–Trinajstić information content (AvgIpc) is 2.47. The molecule has 1 N–H and O–H groups in total. The van der Waals surface area contributed by atoms with E-state index in [0.717, 1.165) is 25.5 Å². The Morgan fingerprint density at radius 1 is 1.62 bits per heavy atom. The number of nitrogens with zero attached hydrogens (tertiary/aromatic N) is 3. The van der Waals surface area contributed by atoms with Gasteiger partial charge in [-0.1, -0.05) is 13.8 Å². The second kappa shape index (κ2) is 6.07. The van der Waals surface area contributed by atoms with Gasteiger partial charge in [-0.25, -0.2) is 4.79 Å². The molecule has 1 atom stereocenters. The van der Waals surface area contributed by atoms with Gasteiger partial charge in [0, 0.05) is 19.3 Å². The van der Waals surface area contributed by atoms with E-state index in [-0.39, 0.29) is 22.8 Å². The molecule has 114 valence electrons.